The lowest BCUT2D eigenvalue weighted by molar-refractivity contribution is -0.386. The maximum atomic E-state index is 14.5. The standard InChI is InChI=1S/C16H11F4N3O7/c1-21-11(16(18,19)20)6-12(24)22(14(21)27)8-5-10(9(23(28)29)4-7(8)17)30-15(2-3-15)13(25)26/h4-6H,2-3H2,1H3,(H,25,26). The summed E-state index contributed by atoms with van der Waals surface area (Å²) in [6, 6.07) is 0.876. The van der Waals surface area contributed by atoms with Gasteiger partial charge in [0.1, 0.15) is 5.69 Å². The minimum Gasteiger partial charge on any atom is -0.478 e. The fourth-order valence-corrected chi connectivity index (χ4v) is 2.73. The maximum absolute atomic E-state index is 14.5. The van der Waals surface area contributed by atoms with Gasteiger partial charge in [-0.2, -0.15) is 13.2 Å². The number of hydrogen-bond donors (Lipinski definition) is 1. The lowest BCUT2D eigenvalue weighted by atomic mass is 10.2. The average Bonchev–Trinajstić information content (AvgIpc) is 3.40. The van der Waals surface area contributed by atoms with Crippen molar-refractivity contribution in [1.29, 1.82) is 0 Å². The highest BCUT2D eigenvalue weighted by Crippen LogP contribution is 2.44. The maximum Gasteiger partial charge on any atom is 0.431 e. The predicted octanol–water partition coefficient (Wildman–Crippen LogP) is 1.60. The topological polar surface area (TPSA) is 134 Å². The van der Waals surface area contributed by atoms with Crippen LogP contribution in [0.4, 0.5) is 23.2 Å². The molecule has 0 saturated heterocycles. The first kappa shape index (κ1) is 21.0. The van der Waals surface area contributed by atoms with E-state index < -0.39 is 62.6 Å². The minimum absolute atomic E-state index is 0.00576. The van der Waals surface area contributed by atoms with Crippen LogP contribution in [0.25, 0.3) is 5.69 Å². The molecule has 1 aromatic heterocycles. The number of benzene rings is 1. The Morgan fingerprint density at radius 3 is 2.33 bits per heavy atom. The molecule has 0 radical (unpaired) electrons. The van der Waals surface area contributed by atoms with Crippen LogP contribution >= 0.6 is 0 Å². The van der Waals surface area contributed by atoms with Gasteiger partial charge >= 0.3 is 23.5 Å². The summed E-state index contributed by atoms with van der Waals surface area (Å²) in [5.74, 6) is -3.68. The van der Waals surface area contributed by atoms with Crippen molar-refractivity contribution < 1.29 is 37.1 Å². The van der Waals surface area contributed by atoms with E-state index in [0.717, 1.165) is 0 Å². The Morgan fingerprint density at radius 2 is 1.87 bits per heavy atom. The number of rotatable bonds is 5. The summed E-state index contributed by atoms with van der Waals surface area (Å²) >= 11 is 0. The summed E-state index contributed by atoms with van der Waals surface area (Å²) in [6.45, 7) is 0. The van der Waals surface area contributed by atoms with Gasteiger partial charge in [0.15, 0.2) is 5.82 Å². The Hall–Kier alpha value is -3.71. The molecule has 0 unspecified atom stereocenters. The van der Waals surface area contributed by atoms with E-state index in [1.54, 1.807) is 0 Å². The highest BCUT2D eigenvalue weighted by atomic mass is 19.4. The summed E-state index contributed by atoms with van der Waals surface area (Å²) in [4.78, 5) is 45.9. The molecule has 10 nitrogen and oxygen atoms in total. The number of hydrogen-bond acceptors (Lipinski definition) is 6. The first-order valence-corrected chi connectivity index (χ1v) is 8.09. The van der Waals surface area contributed by atoms with Crippen LogP contribution < -0.4 is 16.0 Å². The third-order valence-corrected chi connectivity index (χ3v) is 4.48. The van der Waals surface area contributed by atoms with Gasteiger partial charge < -0.3 is 9.84 Å². The monoisotopic (exact) mass is 433 g/mol. The third-order valence-electron chi connectivity index (χ3n) is 4.48. The van der Waals surface area contributed by atoms with Crippen molar-refractivity contribution in [3.8, 4) is 11.4 Å². The fraction of sp³-hybridized carbons (Fsp3) is 0.312. The number of ether oxygens (including phenoxy) is 1. The zero-order valence-electron chi connectivity index (χ0n) is 14.9. The van der Waals surface area contributed by atoms with Crippen LogP contribution in [0.2, 0.25) is 0 Å². The molecule has 14 heteroatoms. The zero-order chi connectivity index (χ0) is 22.6. The van der Waals surface area contributed by atoms with E-state index in [1.807, 2.05) is 0 Å². The van der Waals surface area contributed by atoms with Gasteiger partial charge in [0, 0.05) is 32.0 Å². The van der Waals surface area contributed by atoms with Crippen molar-refractivity contribution >= 4 is 11.7 Å². The molecule has 1 fully saturated rings. The Bertz CT molecular complexity index is 1200. The molecule has 2 aromatic rings. The molecule has 0 bridgehead atoms. The summed E-state index contributed by atoms with van der Waals surface area (Å²) in [5, 5.41) is 20.4. The van der Waals surface area contributed by atoms with Crippen LogP contribution in [0.3, 0.4) is 0 Å². The second-order valence-electron chi connectivity index (χ2n) is 6.47. The quantitative estimate of drug-likeness (QED) is 0.430. The number of carbonyl (C=O) groups is 1. The van der Waals surface area contributed by atoms with Gasteiger partial charge in [-0.3, -0.25) is 19.5 Å². The summed E-state index contributed by atoms with van der Waals surface area (Å²) in [7, 11) is 0.700. The molecule has 0 atom stereocenters. The van der Waals surface area contributed by atoms with Gasteiger partial charge in [0.2, 0.25) is 11.4 Å². The first-order chi connectivity index (χ1) is 13.8. The van der Waals surface area contributed by atoms with E-state index in [1.165, 1.54) is 0 Å². The first-order valence-electron chi connectivity index (χ1n) is 8.09. The van der Waals surface area contributed by atoms with Crippen LogP contribution in [0.5, 0.6) is 5.75 Å². The fourth-order valence-electron chi connectivity index (χ4n) is 2.73. The smallest absolute Gasteiger partial charge is 0.431 e. The van der Waals surface area contributed by atoms with Crippen LogP contribution in [-0.2, 0) is 18.0 Å². The lowest BCUT2D eigenvalue weighted by Crippen LogP contribution is -2.41. The molecule has 160 valence electrons. The van der Waals surface area contributed by atoms with Gasteiger partial charge in [0.05, 0.1) is 16.7 Å². The highest BCUT2D eigenvalue weighted by molar-refractivity contribution is 5.81. The van der Waals surface area contributed by atoms with Crippen molar-refractivity contribution in [1.82, 2.24) is 9.13 Å². The predicted molar refractivity (Wildman–Crippen MR) is 89.1 cm³/mol. The summed E-state index contributed by atoms with van der Waals surface area (Å²) < 4.78 is 58.6. The number of carboxylic acid groups (broad SMARTS) is 1. The number of aromatic nitrogens is 2. The van der Waals surface area contributed by atoms with E-state index in [2.05, 4.69) is 0 Å². The Labute approximate surface area is 162 Å². The number of nitro groups is 1. The molecule has 1 aromatic carbocycles. The number of halogens is 4. The Morgan fingerprint density at radius 1 is 1.27 bits per heavy atom. The molecule has 1 aliphatic rings. The number of nitro benzene ring substituents is 1. The van der Waals surface area contributed by atoms with Crippen molar-refractivity contribution in [3.63, 3.8) is 0 Å². The Kier molecular flexibility index (Phi) is 4.67. The largest absolute Gasteiger partial charge is 0.478 e. The second-order valence-corrected chi connectivity index (χ2v) is 6.47. The van der Waals surface area contributed by atoms with Gasteiger partial charge in [-0.05, 0) is 0 Å². The van der Waals surface area contributed by atoms with Crippen molar-refractivity contribution in [2.45, 2.75) is 24.6 Å². The number of alkyl halides is 3. The van der Waals surface area contributed by atoms with E-state index in [0.29, 0.717) is 13.1 Å². The van der Waals surface area contributed by atoms with Gasteiger partial charge in [-0.15, -0.1) is 0 Å². The molecule has 1 saturated carbocycles. The normalized spacial score (nSPS) is 15.0. The van der Waals surface area contributed by atoms with Crippen LogP contribution in [0, 0.1) is 15.9 Å². The van der Waals surface area contributed by atoms with E-state index in [9.17, 15) is 47.2 Å². The second kappa shape index (κ2) is 6.67. The van der Waals surface area contributed by atoms with E-state index in [4.69, 9.17) is 4.74 Å². The molecule has 3 rings (SSSR count). The Balaban J connectivity index is 2.25. The van der Waals surface area contributed by atoms with Gasteiger partial charge in [-0.1, -0.05) is 0 Å². The lowest BCUT2D eigenvalue weighted by Gasteiger charge is -2.17. The van der Waals surface area contributed by atoms with Crippen molar-refractivity contribution in [2.24, 2.45) is 7.05 Å². The summed E-state index contributed by atoms with van der Waals surface area (Å²) in [6.07, 6.45) is -5.06. The van der Waals surface area contributed by atoms with Crippen molar-refractivity contribution in [3.05, 3.63) is 60.7 Å². The van der Waals surface area contributed by atoms with Gasteiger partial charge in [-0.25, -0.2) is 18.5 Å². The highest BCUT2D eigenvalue weighted by Gasteiger charge is 2.54. The van der Waals surface area contributed by atoms with Gasteiger partial charge in [0.25, 0.3) is 5.56 Å². The van der Waals surface area contributed by atoms with Crippen molar-refractivity contribution in [2.75, 3.05) is 0 Å². The molecule has 0 aliphatic heterocycles. The average molecular weight is 433 g/mol. The minimum atomic E-state index is -5.05. The van der Waals surface area contributed by atoms with Crippen LogP contribution in [0.1, 0.15) is 18.5 Å². The molecular formula is C16H11F4N3O7. The number of aliphatic carboxylic acids is 1. The molecule has 1 N–H and O–H groups in total. The summed E-state index contributed by atoms with van der Waals surface area (Å²) in [5.41, 5.74) is -8.43. The molecule has 0 amide bonds. The zero-order valence-corrected chi connectivity index (χ0v) is 14.9. The third kappa shape index (κ3) is 3.40. The SMILES string of the molecule is Cn1c(C(F)(F)F)cc(=O)n(-c2cc(OC3(C(=O)O)CC3)c([N+](=O)[O-])cc2F)c1=O. The van der Waals surface area contributed by atoms with Crippen LogP contribution in [-0.4, -0.2) is 30.7 Å². The number of carboxylic acids is 1. The van der Waals surface area contributed by atoms with E-state index >= 15 is 0 Å². The molecule has 30 heavy (non-hydrogen) atoms. The molecular weight excluding hydrogens is 422 g/mol. The van der Waals surface area contributed by atoms with Crippen LogP contribution in [0.15, 0.2) is 27.8 Å². The van der Waals surface area contributed by atoms with E-state index in [-0.39, 0.29) is 34.1 Å². The number of nitrogens with zero attached hydrogens (tertiary/aromatic N) is 3. The molecule has 0 spiro atoms. The molecule has 1 aliphatic carbocycles. The molecule has 1 heterocycles.